The lowest BCUT2D eigenvalue weighted by Gasteiger charge is -2.56. The van der Waals surface area contributed by atoms with Gasteiger partial charge >= 0.3 is 6.03 Å². The molecule has 1 saturated heterocycles. The fourth-order valence-corrected chi connectivity index (χ4v) is 7.54. The second kappa shape index (κ2) is 8.09. The number of carbonyl (C=O) groups excluding carboxylic acids is 2. The predicted molar refractivity (Wildman–Crippen MR) is 117 cm³/mol. The molecule has 5 saturated carbocycles. The highest BCUT2D eigenvalue weighted by Gasteiger charge is 2.51. The van der Waals surface area contributed by atoms with Crippen LogP contribution in [0.2, 0.25) is 0 Å². The molecule has 6 rings (SSSR count). The number of likely N-dealkylation sites (tertiary alicyclic amines) is 1. The molecule has 0 spiro atoms. The maximum absolute atomic E-state index is 12.8. The van der Waals surface area contributed by atoms with Gasteiger partial charge in [-0.2, -0.15) is 0 Å². The maximum atomic E-state index is 12.8. The SMILES string of the molecule is C[C@H](C(=O)NC(=O)NC12CC3CC(CC(C3)C1)C2)N1CC[C@H](CN(C)CC2CC2)C1. The van der Waals surface area contributed by atoms with Crippen LogP contribution in [0.3, 0.4) is 0 Å². The fourth-order valence-electron chi connectivity index (χ4n) is 7.54. The van der Waals surface area contributed by atoms with Gasteiger partial charge in [-0.15, -0.1) is 0 Å². The Morgan fingerprint density at radius 2 is 1.60 bits per heavy atom. The van der Waals surface area contributed by atoms with Gasteiger partial charge in [0.05, 0.1) is 6.04 Å². The monoisotopic (exact) mass is 416 g/mol. The molecule has 0 radical (unpaired) electrons. The summed E-state index contributed by atoms with van der Waals surface area (Å²) in [6.45, 7) is 6.20. The lowest BCUT2D eigenvalue weighted by Crippen LogP contribution is -2.62. The molecule has 2 N–H and O–H groups in total. The standard InChI is InChI=1S/C24H40N4O2/c1-16(28-6-5-18(15-28)14-27(2)13-17-3-4-17)22(29)25-23(30)26-24-10-19-7-20(11-24)9-21(8-19)12-24/h16-21H,3-15H2,1-2H3,(H2,25,26,29,30)/t16-,18-,19?,20?,21?,24?/m1/s1. The Hall–Kier alpha value is -1.14. The second-order valence-corrected chi connectivity index (χ2v) is 11.6. The molecule has 6 aliphatic rings. The summed E-state index contributed by atoms with van der Waals surface area (Å²) in [4.78, 5) is 30.2. The molecule has 1 heterocycles. The zero-order valence-corrected chi connectivity index (χ0v) is 18.9. The number of imide groups is 1. The molecule has 30 heavy (non-hydrogen) atoms. The van der Waals surface area contributed by atoms with Crippen molar-refractivity contribution < 1.29 is 9.59 Å². The van der Waals surface area contributed by atoms with Gasteiger partial charge in [0.25, 0.3) is 0 Å². The first kappa shape index (κ1) is 20.7. The molecule has 0 aromatic heterocycles. The van der Waals surface area contributed by atoms with Gasteiger partial charge in [-0.05, 0) is 108 Å². The van der Waals surface area contributed by atoms with Crippen LogP contribution in [-0.2, 0) is 4.79 Å². The van der Waals surface area contributed by atoms with Crippen LogP contribution in [0.5, 0.6) is 0 Å². The van der Waals surface area contributed by atoms with E-state index in [9.17, 15) is 9.59 Å². The topological polar surface area (TPSA) is 64.7 Å². The normalized spacial score (nSPS) is 38.8. The van der Waals surface area contributed by atoms with Crippen LogP contribution in [0, 0.1) is 29.6 Å². The zero-order valence-electron chi connectivity index (χ0n) is 18.9. The van der Waals surface area contributed by atoms with E-state index in [1.807, 2.05) is 6.92 Å². The van der Waals surface area contributed by atoms with E-state index in [1.165, 1.54) is 38.6 Å². The molecule has 4 bridgehead atoms. The van der Waals surface area contributed by atoms with Crippen molar-refractivity contribution in [3.63, 3.8) is 0 Å². The molecule has 6 fully saturated rings. The van der Waals surface area contributed by atoms with Crippen molar-refractivity contribution >= 4 is 11.9 Å². The molecule has 0 aromatic carbocycles. The van der Waals surface area contributed by atoms with Crippen molar-refractivity contribution in [3.8, 4) is 0 Å². The first-order valence-corrected chi connectivity index (χ1v) is 12.4. The third-order valence-electron chi connectivity index (χ3n) is 8.73. The third-order valence-corrected chi connectivity index (χ3v) is 8.73. The molecule has 6 nitrogen and oxygen atoms in total. The van der Waals surface area contributed by atoms with Crippen LogP contribution in [0.15, 0.2) is 0 Å². The van der Waals surface area contributed by atoms with Crippen molar-refractivity contribution in [1.29, 1.82) is 0 Å². The largest absolute Gasteiger partial charge is 0.332 e. The van der Waals surface area contributed by atoms with E-state index >= 15 is 0 Å². The number of nitrogens with one attached hydrogen (secondary N) is 2. The van der Waals surface area contributed by atoms with E-state index < -0.39 is 0 Å². The Balaban J connectivity index is 1.08. The zero-order chi connectivity index (χ0) is 20.9. The van der Waals surface area contributed by atoms with E-state index in [4.69, 9.17) is 0 Å². The van der Waals surface area contributed by atoms with Crippen LogP contribution in [-0.4, -0.2) is 66.5 Å². The van der Waals surface area contributed by atoms with Gasteiger partial charge in [0.2, 0.25) is 5.91 Å². The van der Waals surface area contributed by atoms with Gasteiger partial charge in [0.15, 0.2) is 0 Å². The smallest absolute Gasteiger partial charge is 0.321 e. The summed E-state index contributed by atoms with van der Waals surface area (Å²) in [5.74, 6) is 3.75. The minimum absolute atomic E-state index is 0.0484. The highest BCUT2D eigenvalue weighted by Crippen LogP contribution is 2.55. The number of amides is 3. The maximum Gasteiger partial charge on any atom is 0.321 e. The summed E-state index contributed by atoms with van der Waals surface area (Å²) < 4.78 is 0. The molecule has 1 aliphatic heterocycles. The van der Waals surface area contributed by atoms with Crippen LogP contribution in [0.4, 0.5) is 4.79 Å². The lowest BCUT2D eigenvalue weighted by molar-refractivity contribution is -0.124. The fraction of sp³-hybridized carbons (Fsp3) is 0.917. The van der Waals surface area contributed by atoms with Crippen LogP contribution < -0.4 is 10.6 Å². The summed E-state index contributed by atoms with van der Waals surface area (Å²) in [6, 6.07) is -0.514. The van der Waals surface area contributed by atoms with Crippen molar-refractivity contribution in [2.45, 2.75) is 76.3 Å². The summed E-state index contributed by atoms with van der Waals surface area (Å²) in [5.41, 5.74) is -0.0484. The molecule has 2 atom stereocenters. The first-order valence-electron chi connectivity index (χ1n) is 12.4. The summed E-state index contributed by atoms with van der Waals surface area (Å²) in [5, 5.41) is 5.94. The van der Waals surface area contributed by atoms with E-state index in [0.717, 1.165) is 69.0 Å². The molecule has 0 aromatic rings. The third kappa shape index (κ3) is 4.55. The molecular formula is C24H40N4O2. The number of urea groups is 1. The van der Waals surface area contributed by atoms with Gasteiger partial charge in [-0.3, -0.25) is 15.0 Å². The number of nitrogens with zero attached hydrogens (tertiary/aromatic N) is 2. The molecule has 3 amide bonds. The van der Waals surface area contributed by atoms with Crippen LogP contribution in [0.1, 0.15) is 64.7 Å². The van der Waals surface area contributed by atoms with Crippen molar-refractivity contribution in [2.75, 3.05) is 33.2 Å². The van der Waals surface area contributed by atoms with Crippen molar-refractivity contribution in [3.05, 3.63) is 0 Å². The van der Waals surface area contributed by atoms with E-state index in [1.54, 1.807) is 0 Å². The highest BCUT2D eigenvalue weighted by atomic mass is 16.2. The van der Waals surface area contributed by atoms with Gasteiger partial charge in [-0.25, -0.2) is 4.79 Å². The summed E-state index contributed by atoms with van der Waals surface area (Å²) >= 11 is 0. The minimum atomic E-state index is -0.270. The number of rotatable bonds is 7. The van der Waals surface area contributed by atoms with Gasteiger partial charge in [0, 0.05) is 25.2 Å². The number of carbonyl (C=O) groups is 2. The molecule has 6 heteroatoms. The van der Waals surface area contributed by atoms with E-state index in [0.29, 0.717) is 5.92 Å². The van der Waals surface area contributed by atoms with E-state index in [-0.39, 0.29) is 23.5 Å². The van der Waals surface area contributed by atoms with Gasteiger partial charge in [-0.1, -0.05) is 0 Å². The Kier molecular flexibility index (Phi) is 5.59. The van der Waals surface area contributed by atoms with Crippen LogP contribution >= 0.6 is 0 Å². The number of hydrogen-bond acceptors (Lipinski definition) is 4. The molecular weight excluding hydrogens is 376 g/mol. The quantitative estimate of drug-likeness (QED) is 0.670. The average molecular weight is 417 g/mol. The molecule has 168 valence electrons. The highest BCUT2D eigenvalue weighted by molar-refractivity contribution is 5.97. The Labute approximate surface area is 181 Å². The average Bonchev–Trinajstić information content (AvgIpc) is 3.34. The van der Waals surface area contributed by atoms with Gasteiger partial charge in [0.1, 0.15) is 0 Å². The molecule has 0 unspecified atom stereocenters. The Morgan fingerprint density at radius 1 is 1.00 bits per heavy atom. The van der Waals surface area contributed by atoms with Crippen molar-refractivity contribution in [2.24, 2.45) is 29.6 Å². The predicted octanol–water partition coefficient (Wildman–Crippen LogP) is 2.83. The second-order valence-electron chi connectivity index (χ2n) is 11.6. The van der Waals surface area contributed by atoms with Crippen LogP contribution in [0.25, 0.3) is 0 Å². The summed E-state index contributed by atoms with van der Waals surface area (Å²) in [7, 11) is 2.23. The van der Waals surface area contributed by atoms with Gasteiger partial charge < -0.3 is 10.2 Å². The number of hydrogen-bond donors (Lipinski definition) is 2. The first-order chi connectivity index (χ1) is 14.4. The summed E-state index contributed by atoms with van der Waals surface area (Å²) in [6.07, 6.45) is 11.3. The van der Waals surface area contributed by atoms with Crippen molar-refractivity contribution in [1.82, 2.24) is 20.4 Å². The Morgan fingerprint density at radius 3 is 2.20 bits per heavy atom. The Bertz CT molecular complexity index is 641. The van der Waals surface area contributed by atoms with E-state index in [2.05, 4.69) is 27.5 Å². The molecule has 5 aliphatic carbocycles. The minimum Gasteiger partial charge on any atom is -0.332 e. The lowest BCUT2D eigenvalue weighted by atomic mass is 9.53.